The monoisotopic (exact) mass is 636 g/mol. The summed E-state index contributed by atoms with van der Waals surface area (Å²) in [7, 11) is 0. The quantitative estimate of drug-likeness (QED) is 0.247. The summed E-state index contributed by atoms with van der Waals surface area (Å²) in [5, 5.41) is 1.02. The molecule has 0 spiro atoms. The molecule has 4 aromatic rings. The number of hydrogen-bond donors (Lipinski definition) is 1. The van der Waals surface area contributed by atoms with E-state index in [1.165, 1.54) is 0 Å². The Labute approximate surface area is 274 Å². The molecule has 47 heavy (non-hydrogen) atoms. The van der Waals surface area contributed by atoms with Crippen molar-refractivity contribution in [1.29, 1.82) is 0 Å². The van der Waals surface area contributed by atoms with Gasteiger partial charge in [-0.25, -0.2) is 10.3 Å². The first kappa shape index (κ1) is 31.0. The van der Waals surface area contributed by atoms with Gasteiger partial charge in [0.25, 0.3) is 5.91 Å². The normalized spacial score (nSPS) is 19.4. The number of amides is 3. The predicted molar refractivity (Wildman–Crippen MR) is 175 cm³/mol. The van der Waals surface area contributed by atoms with Crippen molar-refractivity contribution in [3.8, 4) is 5.75 Å². The fraction of sp³-hybridized carbons (Fsp3) is 0.378. The smallest absolute Gasteiger partial charge is 0.274 e. The van der Waals surface area contributed by atoms with Gasteiger partial charge in [-0.05, 0) is 66.3 Å². The second-order valence-electron chi connectivity index (χ2n) is 12.5. The maximum atomic E-state index is 13.5. The van der Waals surface area contributed by atoms with E-state index in [1.807, 2.05) is 55.5 Å². The molecule has 0 saturated carbocycles. The van der Waals surface area contributed by atoms with Crippen LogP contribution >= 0.6 is 0 Å². The molecule has 0 aliphatic carbocycles. The first-order valence-corrected chi connectivity index (χ1v) is 16.5. The lowest BCUT2D eigenvalue weighted by Gasteiger charge is -2.43. The Hall–Kier alpha value is -4.67. The summed E-state index contributed by atoms with van der Waals surface area (Å²) >= 11 is 0. The third-order valence-corrected chi connectivity index (χ3v) is 9.31. The number of nitrogens with zero attached hydrogens (tertiary/aromatic N) is 3. The molecule has 244 valence electrons. The Morgan fingerprint density at radius 2 is 1.81 bits per heavy atom. The first-order valence-electron chi connectivity index (χ1n) is 16.5. The van der Waals surface area contributed by atoms with E-state index in [2.05, 4.69) is 22.2 Å². The Kier molecular flexibility index (Phi) is 8.95. The molecular formula is C37H40N4O6. The largest absolute Gasteiger partial charge is 0.489 e. The topological polar surface area (TPSA) is 102 Å². The van der Waals surface area contributed by atoms with Crippen LogP contribution in [-0.2, 0) is 45.3 Å². The number of rotatable bonds is 10. The average Bonchev–Trinajstić information content (AvgIpc) is 3.40. The minimum atomic E-state index is -0.512. The maximum Gasteiger partial charge on any atom is 0.274 e. The van der Waals surface area contributed by atoms with Gasteiger partial charge < -0.3 is 23.8 Å². The molecule has 0 bridgehead atoms. The van der Waals surface area contributed by atoms with Crippen LogP contribution in [0.5, 0.6) is 5.75 Å². The number of carbonyl (C=O) groups is 3. The summed E-state index contributed by atoms with van der Waals surface area (Å²) in [5.41, 5.74) is 8.19. The molecule has 3 amide bonds. The second-order valence-corrected chi connectivity index (χ2v) is 12.5. The Balaban J connectivity index is 1.16. The van der Waals surface area contributed by atoms with E-state index in [9.17, 15) is 14.4 Å². The molecule has 3 aliphatic rings. The number of aromatic nitrogens is 1. The summed E-state index contributed by atoms with van der Waals surface area (Å²) in [6.07, 6.45) is 3.61. The van der Waals surface area contributed by atoms with E-state index in [4.69, 9.17) is 14.3 Å². The molecule has 10 nitrogen and oxygen atoms in total. The van der Waals surface area contributed by atoms with Crippen molar-refractivity contribution in [2.75, 3.05) is 19.7 Å². The SMILES string of the molecule is CCCN1CC(=O)N2Cc3c(c4cc(OCc5ccccc5)ccc4n3Cc3ccc(C(=O)NOC4CCCCO4)cc3)CC2C1=O. The van der Waals surface area contributed by atoms with E-state index in [-0.39, 0.29) is 24.3 Å². The Morgan fingerprint density at radius 3 is 2.57 bits per heavy atom. The summed E-state index contributed by atoms with van der Waals surface area (Å²) in [6.45, 7) is 4.70. The number of benzene rings is 3. The highest BCUT2D eigenvalue weighted by molar-refractivity contribution is 5.97. The second kappa shape index (κ2) is 13.6. The van der Waals surface area contributed by atoms with Crippen molar-refractivity contribution in [3.05, 3.63) is 101 Å². The molecule has 1 aromatic heterocycles. The van der Waals surface area contributed by atoms with E-state index >= 15 is 0 Å². The van der Waals surface area contributed by atoms with E-state index < -0.39 is 12.3 Å². The van der Waals surface area contributed by atoms with Gasteiger partial charge in [-0.1, -0.05) is 49.4 Å². The fourth-order valence-electron chi connectivity index (χ4n) is 6.86. The van der Waals surface area contributed by atoms with E-state index in [0.717, 1.165) is 64.7 Å². The third-order valence-electron chi connectivity index (χ3n) is 9.31. The van der Waals surface area contributed by atoms with Gasteiger partial charge in [0, 0.05) is 54.7 Å². The molecule has 2 fully saturated rings. The van der Waals surface area contributed by atoms with Crippen molar-refractivity contribution in [3.63, 3.8) is 0 Å². The van der Waals surface area contributed by atoms with Crippen molar-refractivity contribution >= 4 is 28.6 Å². The number of ether oxygens (including phenoxy) is 2. The molecule has 2 unspecified atom stereocenters. The van der Waals surface area contributed by atoms with Crippen molar-refractivity contribution in [2.45, 2.75) is 71.1 Å². The number of fused-ring (bicyclic) bond motifs is 4. The lowest BCUT2D eigenvalue weighted by atomic mass is 9.93. The molecule has 2 saturated heterocycles. The minimum Gasteiger partial charge on any atom is -0.489 e. The molecule has 1 N–H and O–H groups in total. The van der Waals surface area contributed by atoms with Gasteiger partial charge in [0.05, 0.1) is 13.1 Å². The molecule has 3 aliphatic heterocycles. The summed E-state index contributed by atoms with van der Waals surface area (Å²) < 4.78 is 14.0. The summed E-state index contributed by atoms with van der Waals surface area (Å²) in [6, 6.07) is 23.1. The Bertz CT molecular complexity index is 1760. The zero-order chi connectivity index (χ0) is 32.3. The van der Waals surface area contributed by atoms with Crippen molar-refractivity contribution in [2.24, 2.45) is 0 Å². The van der Waals surface area contributed by atoms with Crippen LogP contribution in [0, 0.1) is 0 Å². The number of carbonyl (C=O) groups excluding carboxylic acids is 3. The standard InChI is InChI=1S/C37H40N4O6/c1-2-17-39-23-34(42)41-22-33-30(20-32(41)37(39)44)29-19-28(46-24-26-8-4-3-5-9-26)15-16-31(29)40(33)21-25-11-13-27(14-12-25)36(43)38-47-35-10-6-7-18-45-35/h3-5,8-9,11-16,19,32,35H,2,6-7,10,17-18,20-24H2,1H3,(H,38,43). The van der Waals surface area contributed by atoms with Gasteiger partial charge in [-0.15, -0.1) is 0 Å². The van der Waals surface area contributed by atoms with E-state index in [0.29, 0.717) is 44.8 Å². The number of hydroxylamine groups is 1. The molecule has 3 aromatic carbocycles. The van der Waals surface area contributed by atoms with E-state index in [1.54, 1.807) is 21.9 Å². The van der Waals surface area contributed by atoms with Crippen LogP contribution in [0.2, 0.25) is 0 Å². The summed E-state index contributed by atoms with van der Waals surface area (Å²) in [5.74, 6) is 0.420. The highest BCUT2D eigenvalue weighted by atomic mass is 16.8. The van der Waals surface area contributed by atoms with Gasteiger partial charge in [0.15, 0.2) is 6.29 Å². The van der Waals surface area contributed by atoms with Crippen molar-refractivity contribution in [1.82, 2.24) is 19.8 Å². The van der Waals surface area contributed by atoms with Crippen LogP contribution in [0.3, 0.4) is 0 Å². The zero-order valence-electron chi connectivity index (χ0n) is 26.7. The molecule has 10 heteroatoms. The maximum absolute atomic E-state index is 13.5. The van der Waals surface area contributed by atoms with Crippen LogP contribution in [0.4, 0.5) is 0 Å². The molecular weight excluding hydrogens is 596 g/mol. The zero-order valence-corrected chi connectivity index (χ0v) is 26.7. The lowest BCUT2D eigenvalue weighted by molar-refractivity contribution is -0.186. The van der Waals surface area contributed by atoms with Crippen LogP contribution in [0.25, 0.3) is 10.9 Å². The van der Waals surface area contributed by atoms with Gasteiger partial charge in [0.2, 0.25) is 11.8 Å². The van der Waals surface area contributed by atoms with Crippen LogP contribution in [-0.4, -0.2) is 64.1 Å². The third kappa shape index (κ3) is 6.48. The highest BCUT2D eigenvalue weighted by Gasteiger charge is 2.43. The molecule has 0 radical (unpaired) electrons. The van der Waals surface area contributed by atoms with Crippen molar-refractivity contribution < 1.29 is 28.7 Å². The average molecular weight is 637 g/mol. The van der Waals surface area contributed by atoms with Gasteiger partial charge in [-0.3, -0.25) is 14.4 Å². The fourth-order valence-corrected chi connectivity index (χ4v) is 6.86. The summed E-state index contributed by atoms with van der Waals surface area (Å²) in [4.78, 5) is 48.5. The lowest BCUT2D eigenvalue weighted by Crippen LogP contribution is -2.61. The Morgan fingerprint density at radius 1 is 0.979 bits per heavy atom. The van der Waals surface area contributed by atoms with Gasteiger partial charge in [0.1, 0.15) is 18.4 Å². The first-order chi connectivity index (χ1) is 23.0. The highest BCUT2D eigenvalue weighted by Crippen LogP contribution is 2.37. The predicted octanol–water partition coefficient (Wildman–Crippen LogP) is 4.96. The number of piperazine rings is 1. The minimum absolute atomic E-state index is 0.0161. The van der Waals surface area contributed by atoms with Gasteiger partial charge in [-0.2, -0.15) is 0 Å². The van der Waals surface area contributed by atoms with Crippen LogP contribution < -0.4 is 10.2 Å². The molecule has 2 atom stereocenters. The number of hydrogen-bond acceptors (Lipinski definition) is 6. The van der Waals surface area contributed by atoms with Crippen LogP contribution in [0.1, 0.15) is 65.3 Å². The van der Waals surface area contributed by atoms with Gasteiger partial charge >= 0.3 is 0 Å². The number of nitrogens with one attached hydrogen (secondary N) is 1. The van der Waals surface area contributed by atoms with Crippen LogP contribution in [0.15, 0.2) is 72.8 Å². The molecule has 4 heterocycles. The molecule has 7 rings (SSSR count).